The molecule has 0 amide bonds. The third-order valence-electron chi connectivity index (χ3n) is 4.88. The van der Waals surface area contributed by atoms with E-state index in [1.165, 1.54) is 25.7 Å². The van der Waals surface area contributed by atoms with Crippen LogP contribution in [0.5, 0.6) is 0 Å². The van der Waals surface area contributed by atoms with Gasteiger partial charge in [-0.1, -0.05) is 6.92 Å². The van der Waals surface area contributed by atoms with Gasteiger partial charge in [0.1, 0.15) is 0 Å². The van der Waals surface area contributed by atoms with Gasteiger partial charge in [-0.25, -0.2) is 0 Å². The average Bonchev–Trinajstić information content (AvgIpc) is 2.55. The Morgan fingerprint density at radius 2 is 1.91 bits per heavy atom. The molecular weight excluding hydrogens is 276 g/mol. The van der Waals surface area contributed by atoms with Gasteiger partial charge in [0.25, 0.3) is 0 Å². The minimum Gasteiger partial charge on any atom is -0.379 e. The van der Waals surface area contributed by atoms with Gasteiger partial charge in [0, 0.05) is 31.7 Å². The maximum absolute atomic E-state index is 5.42. The van der Waals surface area contributed by atoms with E-state index in [1.807, 2.05) is 0 Å². The molecule has 1 aliphatic heterocycles. The first-order valence-corrected chi connectivity index (χ1v) is 9.05. The molecule has 22 heavy (non-hydrogen) atoms. The van der Waals surface area contributed by atoms with Crippen molar-refractivity contribution in [1.29, 1.82) is 0 Å². The topological polar surface area (TPSA) is 48.9 Å². The van der Waals surface area contributed by atoms with Gasteiger partial charge in [0.05, 0.1) is 19.8 Å². The van der Waals surface area contributed by atoms with Crippen molar-refractivity contribution in [2.24, 2.45) is 10.9 Å². The van der Waals surface area contributed by atoms with Crippen molar-refractivity contribution in [3.8, 4) is 0 Å². The summed E-state index contributed by atoms with van der Waals surface area (Å²) >= 11 is 0. The second kappa shape index (κ2) is 9.36. The normalized spacial score (nSPS) is 29.1. The van der Waals surface area contributed by atoms with Crippen LogP contribution in [0.4, 0.5) is 0 Å². The summed E-state index contributed by atoms with van der Waals surface area (Å²) < 4.78 is 5.42. The summed E-state index contributed by atoms with van der Waals surface area (Å²) in [6, 6.07) is 1.07. The van der Waals surface area contributed by atoms with Gasteiger partial charge >= 0.3 is 0 Å². The number of rotatable bonds is 5. The molecule has 2 N–H and O–H groups in total. The first-order valence-electron chi connectivity index (χ1n) is 9.05. The highest BCUT2D eigenvalue weighted by Gasteiger charge is 2.20. The molecule has 1 saturated carbocycles. The van der Waals surface area contributed by atoms with E-state index in [-0.39, 0.29) is 0 Å². The van der Waals surface area contributed by atoms with E-state index in [2.05, 4.69) is 36.3 Å². The molecule has 0 aromatic carbocycles. The predicted molar refractivity (Wildman–Crippen MR) is 92.4 cm³/mol. The first kappa shape index (κ1) is 17.5. The molecule has 1 aliphatic carbocycles. The number of ether oxygens (including phenoxy) is 1. The van der Waals surface area contributed by atoms with Crippen molar-refractivity contribution in [2.75, 3.05) is 39.4 Å². The molecule has 0 aromatic rings. The van der Waals surface area contributed by atoms with E-state index in [0.29, 0.717) is 12.1 Å². The second-order valence-electron chi connectivity index (χ2n) is 6.82. The molecule has 0 spiro atoms. The molecule has 2 aliphatic rings. The van der Waals surface area contributed by atoms with E-state index < -0.39 is 0 Å². The van der Waals surface area contributed by atoms with Gasteiger partial charge in [0.15, 0.2) is 5.96 Å². The molecule has 5 nitrogen and oxygen atoms in total. The fraction of sp³-hybridized carbons (Fsp3) is 0.941. The van der Waals surface area contributed by atoms with Crippen molar-refractivity contribution >= 4 is 5.96 Å². The van der Waals surface area contributed by atoms with Gasteiger partial charge in [-0.05, 0) is 45.4 Å². The smallest absolute Gasteiger partial charge is 0.191 e. The second-order valence-corrected chi connectivity index (χ2v) is 6.82. The monoisotopic (exact) mass is 310 g/mol. The number of nitrogens with one attached hydrogen (secondary N) is 2. The fourth-order valence-corrected chi connectivity index (χ4v) is 3.27. The van der Waals surface area contributed by atoms with E-state index >= 15 is 0 Å². The summed E-state index contributed by atoms with van der Waals surface area (Å²) in [5.41, 5.74) is 0. The third-order valence-corrected chi connectivity index (χ3v) is 4.88. The highest BCUT2D eigenvalue weighted by molar-refractivity contribution is 5.80. The Balaban J connectivity index is 1.80. The summed E-state index contributed by atoms with van der Waals surface area (Å²) in [7, 11) is 0. The Labute approximate surface area is 135 Å². The molecule has 1 unspecified atom stereocenters. The Bertz CT molecular complexity index is 334. The highest BCUT2D eigenvalue weighted by atomic mass is 16.5. The summed E-state index contributed by atoms with van der Waals surface area (Å²) in [5.74, 6) is 1.88. The van der Waals surface area contributed by atoms with Gasteiger partial charge < -0.3 is 15.4 Å². The maximum atomic E-state index is 5.42. The van der Waals surface area contributed by atoms with Crippen LogP contribution in [0.2, 0.25) is 0 Å². The maximum Gasteiger partial charge on any atom is 0.191 e. The van der Waals surface area contributed by atoms with Crippen molar-refractivity contribution in [3.05, 3.63) is 0 Å². The van der Waals surface area contributed by atoms with Crippen LogP contribution in [0.25, 0.3) is 0 Å². The molecule has 0 radical (unpaired) electrons. The number of hydrogen-bond acceptors (Lipinski definition) is 3. The van der Waals surface area contributed by atoms with Gasteiger partial charge in [-0.3, -0.25) is 9.89 Å². The van der Waals surface area contributed by atoms with E-state index in [4.69, 9.17) is 9.73 Å². The quantitative estimate of drug-likeness (QED) is 0.601. The summed E-state index contributed by atoms with van der Waals surface area (Å²) in [5, 5.41) is 7.03. The fourth-order valence-electron chi connectivity index (χ4n) is 3.27. The Morgan fingerprint density at radius 1 is 1.23 bits per heavy atom. The molecule has 1 heterocycles. The lowest BCUT2D eigenvalue weighted by atomic mass is 9.87. The van der Waals surface area contributed by atoms with Crippen LogP contribution >= 0.6 is 0 Å². The van der Waals surface area contributed by atoms with Crippen LogP contribution < -0.4 is 10.6 Å². The van der Waals surface area contributed by atoms with Crippen LogP contribution in [-0.2, 0) is 4.74 Å². The lowest BCUT2D eigenvalue weighted by Crippen LogP contribution is -2.46. The van der Waals surface area contributed by atoms with Crippen molar-refractivity contribution in [3.63, 3.8) is 0 Å². The summed E-state index contributed by atoms with van der Waals surface area (Å²) in [6.45, 7) is 12.3. The summed E-state index contributed by atoms with van der Waals surface area (Å²) in [6.07, 6.45) is 5.21. The highest BCUT2D eigenvalue weighted by Crippen LogP contribution is 2.23. The molecule has 0 bridgehead atoms. The summed E-state index contributed by atoms with van der Waals surface area (Å²) in [4.78, 5) is 7.28. The average molecular weight is 310 g/mol. The standard InChI is InChI=1S/C17H34N4O/c1-4-18-17(20-16-7-5-14(2)6-8-16)19-13-15(3)21-9-11-22-12-10-21/h14-16H,4-13H2,1-3H3,(H2,18,19,20). The first-order chi connectivity index (χ1) is 10.7. The van der Waals surface area contributed by atoms with Crippen molar-refractivity contribution in [2.45, 2.75) is 58.5 Å². The Kier molecular flexibility index (Phi) is 7.46. The van der Waals surface area contributed by atoms with E-state index in [0.717, 1.165) is 51.3 Å². The SMILES string of the molecule is CCNC(=NCC(C)N1CCOCC1)NC1CCC(C)CC1. The van der Waals surface area contributed by atoms with Gasteiger partial charge in [0.2, 0.25) is 0 Å². The lowest BCUT2D eigenvalue weighted by Gasteiger charge is -2.32. The molecule has 2 fully saturated rings. The molecule has 2 rings (SSSR count). The third kappa shape index (κ3) is 5.76. The van der Waals surface area contributed by atoms with Crippen LogP contribution in [0, 0.1) is 5.92 Å². The molecule has 0 aromatic heterocycles. The number of guanidine groups is 1. The van der Waals surface area contributed by atoms with Crippen molar-refractivity contribution < 1.29 is 4.74 Å². The van der Waals surface area contributed by atoms with Crippen LogP contribution in [0.3, 0.4) is 0 Å². The minimum absolute atomic E-state index is 0.478. The predicted octanol–water partition coefficient (Wildman–Crippen LogP) is 1.84. The Hall–Kier alpha value is -0.810. The van der Waals surface area contributed by atoms with Crippen LogP contribution in [0.15, 0.2) is 4.99 Å². The number of nitrogens with zero attached hydrogens (tertiary/aromatic N) is 2. The molecule has 1 saturated heterocycles. The lowest BCUT2D eigenvalue weighted by molar-refractivity contribution is 0.0220. The number of hydrogen-bond donors (Lipinski definition) is 2. The van der Waals surface area contributed by atoms with Crippen LogP contribution in [0.1, 0.15) is 46.5 Å². The zero-order chi connectivity index (χ0) is 15.8. The Morgan fingerprint density at radius 3 is 2.55 bits per heavy atom. The van der Waals surface area contributed by atoms with Crippen molar-refractivity contribution in [1.82, 2.24) is 15.5 Å². The molecule has 128 valence electrons. The molecule has 5 heteroatoms. The van der Waals surface area contributed by atoms with E-state index in [1.54, 1.807) is 0 Å². The number of aliphatic imine (C=N–C) groups is 1. The zero-order valence-corrected chi connectivity index (χ0v) is 14.6. The van der Waals surface area contributed by atoms with Crippen LogP contribution in [-0.4, -0.2) is 62.3 Å². The van der Waals surface area contributed by atoms with E-state index in [9.17, 15) is 0 Å². The minimum atomic E-state index is 0.478. The molecule has 1 atom stereocenters. The molecular formula is C17H34N4O. The largest absolute Gasteiger partial charge is 0.379 e. The number of morpholine rings is 1. The van der Waals surface area contributed by atoms with Gasteiger partial charge in [-0.2, -0.15) is 0 Å². The zero-order valence-electron chi connectivity index (χ0n) is 14.6. The van der Waals surface area contributed by atoms with Gasteiger partial charge in [-0.15, -0.1) is 0 Å².